The zero-order valence-corrected chi connectivity index (χ0v) is 20.0. The van der Waals surface area contributed by atoms with E-state index in [4.69, 9.17) is 15.2 Å². The highest BCUT2D eigenvalue weighted by Crippen LogP contribution is 2.43. The van der Waals surface area contributed by atoms with Crippen molar-refractivity contribution in [3.05, 3.63) is 100 Å². The molecule has 3 N–H and O–H groups in total. The summed E-state index contributed by atoms with van der Waals surface area (Å²) in [6.07, 6.45) is 0.489. The Morgan fingerprint density at radius 3 is 2.31 bits per heavy atom. The summed E-state index contributed by atoms with van der Waals surface area (Å²) >= 11 is 0. The van der Waals surface area contributed by atoms with Crippen molar-refractivity contribution in [3.8, 4) is 6.07 Å². The van der Waals surface area contributed by atoms with Gasteiger partial charge < -0.3 is 15.2 Å². The number of aryl methyl sites for hydroxylation is 1. The molecule has 10 nitrogen and oxygen atoms in total. The lowest BCUT2D eigenvalue weighted by atomic mass is 9.81. The van der Waals surface area contributed by atoms with Crippen molar-refractivity contribution in [2.75, 3.05) is 19.1 Å². The number of nitrogens with one attached hydrogen (secondary N) is 1. The van der Waals surface area contributed by atoms with E-state index in [1.807, 2.05) is 25.1 Å². The summed E-state index contributed by atoms with van der Waals surface area (Å²) in [5.74, 6) is -1.12. The fourth-order valence-corrected chi connectivity index (χ4v) is 4.20. The number of ether oxygens (including phenoxy) is 2. The van der Waals surface area contributed by atoms with E-state index in [9.17, 15) is 14.9 Å². The lowest BCUT2D eigenvalue weighted by Crippen LogP contribution is -2.40. The van der Waals surface area contributed by atoms with Crippen LogP contribution in [-0.2, 0) is 25.5 Å². The highest BCUT2D eigenvalue weighted by molar-refractivity contribution is 6.06. The van der Waals surface area contributed by atoms with Crippen LogP contribution < -0.4 is 10.6 Å². The maximum atomic E-state index is 13.1. The monoisotopic (exact) mass is 484 g/mol. The third kappa shape index (κ3) is 4.42. The Kier molecular flexibility index (Phi) is 6.83. The molecule has 0 amide bonds. The Hall–Kier alpha value is -4.91. The molecule has 1 unspecified atom stereocenters. The van der Waals surface area contributed by atoms with Crippen LogP contribution in [0.25, 0.3) is 0 Å². The molecule has 2 heterocycles. The van der Waals surface area contributed by atoms with Crippen LogP contribution >= 0.6 is 0 Å². The summed E-state index contributed by atoms with van der Waals surface area (Å²) in [6, 6.07) is 18.1. The highest BCUT2D eigenvalue weighted by atomic mass is 16.5. The van der Waals surface area contributed by atoms with E-state index >= 15 is 0 Å². The Morgan fingerprint density at radius 2 is 1.75 bits per heavy atom. The molecule has 0 bridgehead atoms. The van der Waals surface area contributed by atoms with Gasteiger partial charge >= 0.3 is 11.9 Å². The van der Waals surface area contributed by atoms with Crippen LogP contribution in [0.5, 0.6) is 0 Å². The predicted octanol–water partition coefficient (Wildman–Crippen LogP) is 2.60. The van der Waals surface area contributed by atoms with Gasteiger partial charge in [-0.2, -0.15) is 10.4 Å². The van der Waals surface area contributed by atoms with Gasteiger partial charge in [0.2, 0.25) is 0 Å². The molecule has 0 fully saturated rings. The minimum atomic E-state index is -0.915. The van der Waals surface area contributed by atoms with Crippen LogP contribution in [0, 0.1) is 18.3 Å². The molecule has 0 aliphatic carbocycles. The number of carbonyl (C=O) groups is 2. The van der Waals surface area contributed by atoms with E-state index in [0.717, 1.165) is 5.56 Å². The number of aromatic nitrogens is 3. The van der Waals surface area contributed by atoms with Gasteiger partial charge in [-0.25, -0.2) is 14.6 Å². The smallest absolute Gasteiger partial charge is 0.355 e. The summed E-state index contributed by atoms with van der Waals surface area (Å²) in [4.78, 5) is 31.9. The Morgan fingerprint density at radius 1 is 1.08 bits per heavy atom. The first-order valence-corrected chi connectivity index (χ1v) is 11.0. The first-order chi connectivity index (χ1) is 17.4. The normalized spacial score (nSPS) is 15.5. The summed E-state index contributed by atoms with van der Waals surface area (Å²) in [7, 11) is 2.42. The molecule has 3 aromatic rings. The van der Waals surface area contributed by atoms with Crippen LogP contribution in [0.1, 0.15) is 28.7 Å². The molecule has 182 valence electrons. The highest BCUT2D eigenvalue weighted by Gasteiger charge is 2.42. The molecule has 1 aromatic heterocycles. The standard InChI is InChI=1S/C26H24N6O4/c1-15-29-20(31-30-15)13-16-9-11-18(12-10-16)32-23(26(34)36-3)22(25(33)35-2)21(19(14-27)24(32)28)17-7-5-4-6-8-17/h4-12,21H,13,28H2,1-3H3,(H,29,30,31). The number of rotatable bonds is 6. The molecule has 1 aliphatic rings. The fraction of sp³-hybridized carbons (Fsp3) is 0.192. The number of esters is 2. The quantitative estimate of drug-likeness (QED) is 0.504. The minimum absolute atomic E-state index is 0.0109. The van der Waals surface area contributed by atoms with Crippen molar-refractivity contribution in [1.29, 1.82) is 5.26 Å². The molecule has 4 rings (SSSR count). The van der Waals surface area contributed by atoms with Gasteiger partial charge in [0.15, 0.2) is 5.82 Å². The van der Waals surface area contributed by atoms with Gasteiger partial charge in [-0.3, -0.25) is 10.00 Å². The van der Waals surface area contributed by atoms with Crippen LogP contribution in [-0.4, -0.2) is 41.3 Å². The number of hydrogen-bond acceptors (Lipinski definition) is 9. The van der Waals surface area contributed by atoms with Crippen molar-refractivity contribution in [2.24, 2.45) is 5.73 Å². The average molecular weight is 485 g/mol. The number of nitrogens with two attached hydrogens (primary N) is 1. The summed E-state index contributed by atoms with van der Waals surface area (Å²) in [6.45, 7) is 1.82. The average Bonchev–Trinajstić information content (AvgIpc) is 3.32. The molecule has 10 heteroatoms. The number of aromatic amines is 1. The molecule has 0 saturated carbocycles. The fourth-order valence-electron chi connectivity index (χ4n) is 4.20. The maximum Gasteiger partial charge on any atom is 0.355 e. The number of anilines is 1. The third-order valence-corrected chi connectivity index (χ3v) is 5.81. The lowest BCUT2D eigenvalue weighted by molar-refractivity contribution is -0.139. The first kappa shape index (κ1) is 24.2. The molecule has 1 atom stereocenters. The van der Waals surface area contributed by atoms with Crippen LogP contribution in [0.3, 0.4) is 0 Å². The number of nitriles is 1. The van der Waals surface area contributed by atoms with Gasteiger partial charge in [0.1, 0.15) is 17.3 Å². The van der Waals surface area contributed by atoms with E-state index in [1.54, 1.807) is 36.4 Å². The third-order valence-electron chi connectivity index (χ3n) is 5.81. The van der Waals surface area contributed by atoms with Crippen molar-refractivity contribution in [1.82, 2.24) is 15.2 Å². The number of carbonyl (C=O) groups excluding carboxylic acids is 2. The van der Waals surface area contributed by atoms with Gasteiger partial charge in [-0.15, -0.1) is 0 Å². The Balaban J connectivity index is 1.88. The maximum absolute atomic E-state index is 13.1. The van der Waals surface area contributed by atoms with Crippen LogP contribution in [0.4, 0.5) is 5.69 Å². The summed E-state index contributed by atoms with van der Waals surface area (Å²) < 4.78 is 10.1. The minimum Gasteiger partial charge on any atom is -0.466 e. The Bertz CT molecular complexity index is 1400. The second-order valence-corrected chi connectivity index (χ2v) is 8.02. The van der Waals surface area contributed by atoms with Gasteiger partial charge in [0.05, 0.1) is 37.4 Å². The SMILES string of the molecule is COC(=O)C1=C(C(=O)OC)N(c2ccc(Cc3n[nH]c(C)n3)cc2)C(N)=C(C#N)C1c1ccccc1. The lowest BCUT2D eigenvalue weighted by Gasteiger charge is -2.35. The van der Waals surface area contributed by atoms with Crippen molar-refractivity contribution >= 4 is 17.6 Å². The summed E-state index contributed by atoms with van der Waals surface area (Å²) in [5, 5.41) is 17.1. The van der Waals surface area contributed by atoms with Crippen LogP contribution in [0.2, 0.25) is 0 Å². The van der Waals surface area contributed by atoms with Gasteiger partial charge in [-0.05, 0) is 30.2 Å². The molecule has 0 spiro atoms. The molecule has 0 saturated heterocycles. The van der Waals surface area contributed by atoms with Gasteiger partial charge in [0, 0.05) is 12.1 Å². The predicted molar refractivity (Wildman–Crippen MR) is 130 cm³/mol. The second kappa shape index (κ2) is 10.1. The van der Waals surface area contributed by atoms with E-state index in [1.165, 1.54) is 19.1 Å². The Labute approximate surface area is 207 Å². The van der Waals surface area contributed by atoms with Crippen molar-refractivity contribution in [2.45, 2.75) is 19.3 Å². The summed E-state index contributed by atoms with van der Waals surface area (Å²) in [5.41, 5.74) is 8.44. The van der Waals surface area contributed by atoms with E-state index in [0.29, 0.717) is 29.3 Å². The molecule has 0 radical (unpaired) electrons. The number of nitrogens with zero attached hydrogens (tertiary/aromatic N) is 4. The van der Waals surface area contributed by atoms with E-state index in [-0.39, 0.29) is 22.7 Å². The van der Waals surface area contributed by atoms with Gasteiger partial charge in [0.25, 0.3) is 0 Å². The molecule has 36 heavy (non-hydrogen) atoms. The zero-order valence-electron chi connectivity index (χ0n) is 20.0. The molecular formula is C26H24N6O4. The second-order valence-electron chi connectivity index (χ2n) is 8.02. The van der Waals surface area contributed by atoms with E-state index in [2.05, 4.69) is 21.3 Å². The number of methoxy groups -OCH3 is 2. The largest absolute Gasteiger partial charge is 0.466 e. The zero-order chi connectivity index (χ0) is 25.8. The molecule has 1 aliphatic heterocycles. The number of hydrogen-bond donors (Lipinski definition) is 2. The topological polar surface area (TPSA) is 147 Å². The van der Waals surface area contributed by atoms with Crippen molar-refractivity contribution in [3.63, 3.8) is 0 Å². The number of H-pyrrole nitrogens is 1. The number of benzene rings is 2. The molecule has 2 aromatic carbocycles. The first-order valence-electron chi connectivity index (χ1n) is 11.0. The number of allylic oxidation sites excluding steroid dienone is 1. The van der Waals surface area contributed by atoms with Crippen LogP contribution in [0.15, 0.2) is 77.3 Å². The van der Waals surface area contributed by atoms with Crippen molar-refractivity contribution < 1.29 is 19.1 Å². The van der Waals surface area contributed by atoms with E-state index < -0.39 is 17.9 Å². The van der Waals surface area contributed by atoms with Gasteiger partial charge in [-0.1, -0.05) is 42.5 Å². The molecular weight excluding hydrogens is 460 g/mol.